The minimum atomic E-state index is -0.722. The number of hydrogen-bond acceptors (Lipinski definition) is 8. The molecule has 1 aromatic carbocycles. The Kier molecular flexibility index (Phi) is 6.20. The summed E-state index contributed by atoms with van der Waals surface area (Å²) in [7, 11) is 2.41. The van der Waals surface area contributed by atoms with Crippen LogP contribution in [0.15, 0.2) is 52.3 Å². The molecule has 10 heteroatoms. The van der Waals surface area contributed by atoms with Crippen molar-refractivity contribution in [2.75, 3.05) is 37.8 Å². The van der Waals surface area contributed by atoms with Gasteiger partial charge >= 0.3 is 11.9 Å². The number of methoxy groups -OCH3 is 2. The number of esters is 2. The van der Waals surface area contributed by atoms with Crippen molar-refractivity contribution in [2.45, 2.75) is 0 Å². The Morgan fingerprint density at radius 2 is 1.90 bits per heavy atom. The van der Waals surface area contributed by atoms with Gasteiger partial charge in [0.25, 0.3) is 5.91 Å². The molecule has 2 heterocycles. The summed E-state index contributed by atoms with van der Waals surface area (Å²) in [6, 6.07) is 7.79. The quantitative estimate of drug-likeness (QED) is 0.735. The molecule has 0 unspecified atom stereocenters. The Balaban J connectivity index is 1.92. The molecular formula is C19H17ClN2O7. The second-order valence-corrected chi connectivity index (χ2v) is 6.22. The Bertz CT molecular complexity index is 969. The summed E-state index contributed by atoms with van der Waals surface area (Å²) in [5, 5.41) is 2.84. The first-order valence-electron chi connectivity index (χ1n) is 8.35. The van der Waals surface area contributed by atoms with E-state index in [1.807, 2.05) is 0 Å². The summed E-state index contributed by atoms with van der Waals surface area (Å²) in [4.78, 5) is 37.9. The average Bonchev–Trinajstić information content (AvgIpc) is 3.28. The summed E-state index contributed by atoms with van der Waals surface area (Å²) >= 11 is 6.30. The lowest BCUT2D eigenvalue weighted by Crippen LogP contribution is -2.38. The van der Waals surface area contributed by atoms with Crippen molar-refractivity contribution >= 4 is 40.8 Å². The van der Waals surface area contributed by atoms with Crippen LogP contribution in [0.4, 0.5) is 11.4 Å². The normalized spacial score (nSPS) is 13.8. The van der Waals surface area contributed by atoms with Crippen molar-refractivity contribution < 1.29 is 33.0 Å². The molecule has 3 rings (SSSR count). The molecule has 0 spiro atoms. The van der Waals surface area contributed by atoms with Crippen molar-refractivity contribution in [3.8, 4) is 0 Å². The van der Waals surface area contributed by atoms with Crippen LogP contribution in [0.5, 0.6) is 0 Å². The van der Waals surface area contributed by atoms with Gasteiger partial charge in [-0.3, -0.25) is 4.79 Å². The average molecular weight is 421 g/mol. The number of nitrogens with one attached hydrogen (secondary N) is 1. The lowest BCUT2D eigenvalue weighted by Gasteiger charge is -2.31. The first kappa shape index (κ1) is 20.4. The molecular weight excluding hydrogens is 404 g/mol. The van der Waals surface area contributed by atoms with Crippen LogP contribution in [-0.2, 0) is 23.8 Å². The number of amides is 1. The van der Waals surface area contributed by atoms with Crippen LogP contribution in [0.2, 0.25) is 5.02 Å². The van der Waals surface area contributed by atoms with Gasteiger partial charge in [0.15, 0.2) is 5.76 Å². The summed E-state index contributed by atoms with van der Waals surface area (Å²) < 4.78 is 20.0. The van der Waals surface area contributed by atoms with E-state index in [2.05, 4.69) is 5.32 Å². The second-order valence-electron chi connectivity index (χ2n) is 5.81. The van der Waals surface area contributed by atoms with Gasteiger partial charge in [-0.2, -0.15) is 0 Å². The molecule has 29 heavy (non-hydrogen) atoms. The van der Waals surface area contributed by atoms with Gasteiger partial charge in [-0.05, 0) is 30.3 Å². The molecule has 0 aliphatic carbocycles. The Morgan fingerprint density at radius 1 is 1.14 bits per heavy atom. The first-order chi connectivity index (χ1) is 14.0. The SMILES string of the molecule is COC(=O)C1=C(C(=O)OC)N(c2ccc(NC(=O)c3ccco3)c(Cl)c2)COC1. The minimum absolute atomic E-state index is 0.00552. The van der Waals surface area contributed by atoms with Crippen molar-refractivity contribution in [3.63, 3.8) is 0 Å². The number of nitrogens with zero attached hydrogens (tertiary/aromatic N) is 1. The van der Waals surface area contributed by atoms with Crippen LogP contribution in [0.25, 0.3) is 0 Å². The Labute approximate surface area is 170 Å². The van der Waals surface area contributed by atoms with E-state index in [1.54, 1.807) is 18.2 Å². The number of furan rings is 1. The monoisotopic (exact) mass is 420 g/mol. The zero-order chi connectivity index (χ0) is 21.0. The van der Waals surface area contributed by atoms with E-state index in [0.29, 0.717) is 11.4 Å². The highest BCUT2D eigenvalue weighted by molar-refractivity contribution is 6.34. The maximum Gasteiger partial charge on any atom is 0.355 e. The smallest absolute Gasteiger partial charge is 0.355 e. The zero-order valence-electron chi connectivity index (χ0n) is 15.6. The molecule has 1 aromatic heterocycles. The van der Waals surface area contributed by atoms with E-state index < -0.39 is 17.8 Å². The maximum absolute atomic E-state index is 12.3. The fourth-order valence-corrected chi connectivity index (χ4v) is 2.93. The first-order valence-corrected chi connectivity index (χ1v) is 8.73. The maximum atomic E-state index is 12.3. The molecule has 0 atom stereocenters. The second kappa shape index (κ2) is 8.80. The molecule has 9 nitrogen and oxygen atoms in total. The molecule has 0 saturated carbocycles. The van der Waals surface area contributed by atoms with E-state index in [4.69, 9.17) is 30.2 Å². The number of carbonyl (C=O) groups is 3. The van der Waals surface area contributed by atoms with Gasteiger partial charge in [0.1, 0.15) is 12.4 Å². The number of anilines is 2. The molecule has 0 fully saturated rings. The van der Waals surface area contributed by atoms with Crippen molar-refractivity contribution in [1.82, 2.24) is 0 Å². The lowest BCUT2D eigenvalue weighted by molar-refractivity contribution is -0.140. The van der Waals surface area contributed by atoms with E-state index in [1.165, 1.54) is 37.5 Å². The number of carbonyl (C=O) groups excluding carboxylic acids is 3. The highest BCUT2D eigenvalue weighted by atomic mass is 35.5. The minimum Gasteiger partial charge on any atom is -0.466 e. The van der Waals surface area contributed by atoms with Crippen molar-refractivity contribution in [1.29, 1.82) is 0 Å². The molecule has 0 bridgehead atoms. The number of benzene rings is 1. The largest absolute Gasteiger partial charge is 0.466 e. The summed E-state index contributed by atoms with van der Waals surface area (Å²) in [5.74, 6) is -1.76. The molecule has 1 aliphatic heterocycles. The third kappa shape index (κ3) is 4.25. The number of hydrogen-bond donors (Lipinski definition) is 1. The fraction of sp³-hybridized carbons (Fsp3) is 0.211. The van der Waals surface area contributed by atoms with E-state index in [-0.39, 0.29) is 35.4 Å². The van der Waals surface area contributed by atoms with Crippen LogP contribution in [-0.4, -0.2) is 45.4 Å². The van der Waals surface area contributed by atoms with Gasteiger partial charge in [0, 0.05) is 5.69 Å². The van der Waals surface area contributed by atoms with E-state index >= 15 is 0 Å². The van der Waals surface area contributed by atoms with E-state index in [0.717, 1.165) is 0 Å². The van der Waals surface area contributed by atoms with Crippen LogP contribution < -0.4 is 10.2 Å². The van der Waals surface area contributed by atoms with Crippen LogP contribution >= 0.6 is 11.6 Å². The van der Waals surface area contributed by atoms with E-state index in [9.17, 15) is 14.4 Å². The third-order valence-electron chi connectivity index (χ3n) is 4.09. The van der Waals surface area contributed by atoms with Crippen LogP contribution in [0.3, 0.4) is 0 Å². The summed E-state index contributed by atoms with van der Waals surface area (Å²) in [6.45, 7) is -0.113. The van der Waals surface area contributed by atoms with Gasteiger partial charge in [-0.1, -0.05) is 11.6 Å². The topological polar surface area (TPSA) is 107 Å². The van der Waals surface area contributed by atoms with Crippen molar-refractivity contribution in [3.05, 3.63) is 58.6 Å². The molecule has 152 valence electrons. The van der Waals surface area contributed by atoms with Crippen LogP contribution in [0, 0.1) is 0 Å². The van der Waals surface area contributed by atoms with Gasteiger partial charge in [0.05, 0.1) is 43.4 Å². The van der Waals surface area contributed by atoms with Crippen LogP contribution in [0.1, 0.15) is 10.6 Å². The summed E-state index contributed by atoms with van der Waals surface area (Å²) in [5.41, 5.74) is 0.810. The third-order valence-corrected chi connectivity index (χ3v) is 4.40. The predicted molar refractivity (Wildman–Crippen MR) is 102 cm³/mol. The Morgan fingerprint density at radius 3 is 2.52 bits per heavy atom. The molecule has 1 amide bonds. The lowest BCUT2D eigenvalue weighted by atomic mass is 10.1. The number of halogens is 1. The molecule has 2 aromatic rings. The molecule has 1 aliphatic rings. The standard InChI is InChI=1S/C19H17ClN2O7/c1-26-18(24)12-9-28-10-22(16(12)19(25)27-2)11-5-6-14(13(20)8-11)21-17(23)15-4-3-7-29-15/h3-8H,9-10H2,1-2H3,(H,21,23). The molecule has 0 saturated heterocycles. The van der Waals surface area contributed by atoms with Crippen molar-refractivity contribution in [2.24, 2.45) is 0 Å². The number of rotatable bonds is 5. The molecule has 1 N–H and O–H groups in total. The predicted octanol–water partition coefficient (Wildman–Crippen LogP) is 2.58. The van der Waals surface area contributed by atoms with Gasteiger partial charge in [-0.15, -0.1) is 0 Å². The van der Waals surface area contributed by atoms with Gasteiger partial charge in [-0.25, -0.2) is 9.59 Å². The molecule has 0 radical (unpaired) electrons. The zero-order valence-corrected chi connectivity index (χ0v) is 16.3. The summed E-state index contributed by atoms with van der Waals surface area (Å²) in [6.07, 6.45) is 1.38. The van der Waals surface area contributed by atoms with Gasteiger partial charge < -0.3 is 28.8 Å². The highest BCUT2D eigenvalue weighted by Gasteiger charge is 2.32. The highest BCUT2D eigenvalue weighted by Crippen LogP contribution is 2.32. The Hall–Kier alpha value is -3.30. The fourth-order valence-electron chi connectivity index (χ4n) is 2.71. The number of ether oxygens (including phenoxy) is 3. The van der Waals surface area contributed by atoms with Gasteiger partial charge in [0.2, 0.25) is 0 Å².